The number of sulfonamides is 1. The molecule has 0 spiro atoms. The number of pyridine rings is 1. The minimum Gasteiger partial charge on any atom is -0.346 e. The van der Waals surface area contributed by atoms with E-state index in [4.69, 9.17) is 11.6 Å². The Kier molecular flexibility index (Phi) is 6.66. The minimum atomic E-state index is -3.65. The first-order valence-electron chi connectivity index (χ1n) is 9.88. The van der Waals surface area contributed by atoms with Gasteiger partial charge in [-0.2, -0.15) is 4.31 Å². The van der Waals surface area contributed by atoms with Crippen LogP contribution in [0.1, 0.15) is 35.3 Å². The van der Waals surface area contributed by atoms with Crippen molar-refractivity contribution >= 4 is 38.9 Å². The molecule has 31 heavy (non-hydrogen) atoms. The summed E-state index contributed by atoms with van der Waals surface area (Å²) < 4.78 is 27.3. The van der Waals surface area contributed by atoms with Gasteiger partial charge in [-0.15, -0.1) is 11.3 Å². The number of piperidine rings is 1. The predicted octanol–water partition coefficient (Wildman–Crippen LogP) is 3.96. The fourth-order valence-corrected chi connectivity index (χ4v) is 5.93. The maximum Gasteiger partial charge on any atom is 0.253 e. The molecule has 0 atom stereocenters. The van der Waals surface area contributed by atoms with Crippen molar-refractivity contribution in [2.75, 3.05) is 13.1 Å². The molecule has 1 aromatic carbocycles. The van der Waals surface area contributed by atoms with Gasteiger partial charge in [0.2, 0.25) is 10.0 Å². The Hall–Kier alpha value is -2.33. The van der Waals surface area contributed by atoms with Gasteiger partial charge in [0.05, 0.1) is 27.7 Å². The fourth-order valence-electron chi connectivity index (χ4n) is 3.37. The number of halogens is 1. The molecule has 2 aromatic heterocycles. The highest BCUT2D eigenvalue weighted by Gasteiger charge is 2.27. The third kappa shape index (κ3) is 4.95. The summed E-state index contributed by atoms with van der Waals surface area (Å²) in [5.74, 6) is -0.448. The lowest BCUT2D eigenvalue weighted by atomic mass is 10.2. The smallest absolute Gasteiger partial charge is 0.253 e. The van der Waals surface area contributed by atoms with E-state index in [1.807, 2.05) is 17.5 Å². The second kappa shape index (κ2) is 9.44. The number of amides is 1. The summed E-state index contributed by atoms with van der Waals surface area (Å²) in [5, 5.41) is 5.65. The molecular weight excluding hydrogens is 456 g/mol. The van der Waals surface area contributed by atoms with Crippen LogP contribution in [0.3, 0.4) is 0 Å². The van der Waals surface area contributed by atoms with Gasteiger partial charge < -0.3 is 5.32 Å². The number of nitrogens with zero attached hydrogens (tertiary/aromatic N) is 3. The standard InChI is InChI=1S/C21H21ClN4O3S2/c22-19-7-6-17(31(28,29)26-9-2-1-3-10-26)11-18(19)20(27)24-13-16-14-30-21(25-16)15-5-4-8-23-12-15/h4-8,11-12,14H,1-3,9-10,13H2,(H,24,27). The van der Waals surface area contributed by atoms with Crippen LogP contribution in [0.25, 0.3) is 10.6 Å². The van der Waals surface area contributed by atoms with Gasteiger partial charge in [-0.1, -0.05) is 18.0 Å². The lowest BCUT2D eigenvalue weighted by molar-refractivity contribution is 0.0950. The van der Waals surface area contributed by atoms with Crippen LogP contribution in [0, 0.1) is 0 Å². The average Bonchev–Trinajstić information content (AvgIpc) is 3.28. The molecular formula is C21H21ClN4O3S2. The minimum absolute atomic E-state index is 0.0801. The van der Waals surface area contributed by atoms with E-state index < -0.39 is 15.9 Å². The third-order valence-electron chi connectivity index (χ3n) is 5.03. The Bertz CT molecular complexity index is 1180. The quantitative estimate of drug-likeness (QED) is 0.581. The maximum absolute atomic E-state index is 12.9. The SMILES string of the molecule is O=C(NCc1csc(-c2cccnc2)n1)c1cc(S(=O)(=O)N2CCCCC2)ccc1Cl. The Morgan fingerprint density at radius 1 is 1.19 bits per heavy atom. The topological polar surface area (TPSA) is 92.3 Å². The van der Waals surface area contributed by atoms with E-state index in [0.717, 1.165) is 29.8 Å². The monoisotopic (exact) mass is 476 g/mol. The van der Waals surface area contributed by atoms with Gasteiger partial charge in [0.15, 0.2) is 0 Å². The van der Waals surface area contributed by atoms with E-state index >= 15 is 0 Å². The van der Waals surface area contributed by atoms with Crippen LogP contribution in [-0.4, -0.2) is 41.7 Å². The van der Waals surface area contributed by atoms with Gasteiger partial charge in [0, 0.05) is 36.4 Å². The Morgan fingerprint density at radius 3 is 2.74 bits per heavy atom. The molecule has 0 bridgehead atoms. The van der Waals surface area contributed by atoms with E-state index in [2.05, 4.69) is 15.3 Å². The molecule has 1 N–H and O–H groups in total. The Balaban J connectivity index is 1.47. The summed E-state index contributed by atoms with van der Waals surface area (Å²) >= 11 is 7.66. The summed E-state index contributed by atoms with van der Waals surface area (Å²) in [5.41, 5.74) is 1.73. The molecule has 1 aliphatic rings. The number of carbonyl (C=O) groups excluding carboxylic acids is 1. The summed E-state index contributed by atoms with van der Waals surface area (Å²) in [4.78, 5) is 21.4. The van der Waals surface area contributed by atoms with Crippen LogP contribution in [0.5, 0.6) is 0 Å². The maximum atomic E-state index is 12.9. The number of benzene rings is 1. The molecule has 0 radical (unpaired) electrons. The van der Waals surface area contributed by atoms with Crippen LogP contribution in [0.15, 0.2) is 53.0 Å². The molecule has 1 amide bonds. The van der Waals surface area contributed by atoms with E-state index in [1.54, 1.807) is 12.4 Å². The lowest BCUT2D eigenvalue weighted by Crippen LogP contribution is -2.35. The summed E-state index contributed by atoms with van der Waals surface area (Å²) in [6.07, 6.45) is 6.14. The highest BCUT2D eigenvalue weighted by atomic mass is 35.5. The van der Waals surface area contributed by atoms with Crippen molar-refractivity contribution in [2.24, 2.45) is 0 Å². The molecule has 1 aliphatic heterocycles. The molecule has 10 heteroatoms. The van der Waals surface area contributed by atoms with E-state index in [-0.39, 0.29) is 22.0 Å². The molecule has 0 unspecified atom stereocenters. The van der Waals surface area contributed by atoms with Gasteiger partial charge in [-0.05, 0) is 43.2 Å². The summed E-state index contributed by atoms with van der Waals surface area (Å²) in [6.45, 7) is 1.19. The Morgan fingerprint density at radius 2 is 2.00 bits per heavy atom. The number of hydrogen-bond donors (Lipinski definition) is 1. The van der Waals surface area contributed by atoms with E-state index in [9.17, 15) is 13.2 Å². The van der Waals surface area contributed by atoms with Crippen molar-refractivity contribution in [1.29, 1.82) is 0 Å². The fraction of sp³-hybridized carbons (Fsp3) is 0.286. The van der Waals surface area contributed by atoms with E-state index in [0.29, 0.717) is 18.8 Å². The van der Waals surface area contributed by atoms with Crippen molar-refractivity contribution in [2.45, 2.75) is 30.7 Å². The van der Waals surface area contributed by atoms with Gasteiger partial charge in [0.1, 0.15) is 5.01 Å². The summed E-state index contributed by atoms with van der Waals surface area (Å²) in [7, 11) is -3.65. The average molecular weight is 477 g/mol. The zero-order chi connectivity index (χ0) is 21.8. The number of hydrogen-bond acceptors (Lipinski definition) is 6. The number of carbonyl (C=O) groups is 1. The molecule has 0 aliphatic carbocycles. The van der Waals surface area contributed by atoms with Crippen molar-refractivity contribution in [1.82, 2.24) is 19.6 Å². The molecule has 1 fully saturated rings. The first kappa shape index (κ1) is 21.9. The highest BCUT2D eigenvalue weighted by Crippen LogP contribution is 2.26. The zero-order valence-corrected chi connectivity index (χ0v) is 19.0. The van der Waals surface area contributed by atoms with Crippen LogP contribution < -0.4 is 5.32 Å². The van der Waals surface area contributed by atoms with Crippen molar-refractivity contribution in [3.05, 3.63) is 64.4 Å². The number of rotatable bonds is 6. The van der Waals surface area contributed by atoms with E-state index in [1.165, 1.54) is 33.8 Å². The van der Waals surface area contributed by atoms with Crippen LogP contribution >= 0.6 is 22.9 Å². The van der Waals surface area contributed by atoms with Gasteiger partial charge in [0.25, 0.3) is 5.91 Å². The van der Waals surface area contributed by atoms with Gasteiger partial charge in [-0.3, -0.25) is 9.78 Å². The molecule has 4 rings (SSSR count). The number of thiazole rings is 1. The highest BCUT2D eigenvalue weighted by molar-refractivity contribution is 7.89. The van der Waals surface area contributed by atoms with Crippen molar-refractivity contribution < 1.29 is 13.2 Å². The first-order valence-corrected chi connectivity index (χ1v) is 12.6. The predicted molar refractivity (Wildman–Crippen MR) is 121 cm³/mol. The lowest BCUT2D eigenvalue weighted by Gasteiger charge is -2.26. The second-order valence-electron chi connectivity index (χ2n) is 7.17. The van der Waals surface area contributed by atoms with Gasteiger partial charge >= 0.3 is 0 Å². The van der Waals surface area contributed by atoms with Crippen molar-refractivity contribution in [3.63, 3.8) is 0 Å². The molecule has 1 saturated heterocycles. The second-order valence-corrected chi connectivity index (χ2v) is 10.4. The molecule has 3 heterocycles. The van der Waals surface area contributed by atoms with Crippen LogP contribution in [0.2, 0.25) is 5.02 Å². The molecule has 7 nitrogen and oxygen atoms in total. The summed E-state index contributed by atoms with van der Waals surface area (Å²) in [6, 6.07) is 8.01. The van der Waals surface area contributed by atoms with Gasteiger partial charge in [-0.25, -0.2) is 13.4 Å². The Labute approximate surface area is 190 Å². The first-order chi connectivity index (χ1) is 14.9. The normalized spacial score (nSPS) is 15.0. The van der Waals surface area contributed by atoms with Crippen LogP contribution in [-0.2, 0) is 16.6 Å². The number of nitrogens with one attached hydrogen (secondary N) is 1. The molecule has 0 saturated carbocycles. The van der Waals surface area contributed by atoms with Crippen molar-refractivity contribution in [3.8, 4) is 10.6 Å². The molecule has 162 valence electrons. The third-order valence-corrected chi connectivity index (χ3v) is 8.19. The zero-order valence-electron chi connectivity index (χ0n) is 16.6. The molecule has 3 aromatic rings. The number of aromatic nitrogens is 2. The largest absolute Gasteiger partial charge is 0.346 e. The van der Waals surface area contributed by atoms with Crippen LogP contribution in [0.4, 0.5) is 0 Å².